The van der Waals surface area contributed by atoms with Gasteiger partial charge < -0.3 is 16.4 Å². The lowest BCUT2D eigenvalue weighted by Gasteiger charge is -2.11. The fourth-order valence-electron chi connectivity index (χ4n) is 1.77. The molecule has 4 heteroatoms. The highest BCUT2D eigenvalue weighted by Crippen LogP contribution is 2.17. The molecular formula is C15H17N3O. The number of hydrogen-bond acceptors (Lipinski definition) is 2. The van der Waals surface area contributed by atoms with Crippen LogP contribution < -0.4 is 16.4 Å². The van der Waals surface area contributed by atoms with Gasteiger partial charge in [0.1, 0.15) is 0 Å². The van der Waals surface area contributed by atoms with Gasteiger partial charge in [0, 0.05) is 17.1 Å². The van der Waals surface area contributed by atoms with Crippen LogP contribution in [0.5, 0.6) is 0 Å². The van der Waals surface area contributed by atoms with Gasteiger partial charge in [-0.3, -0.25) is 0 Å². The number of benzene rings is 2. The predicted octanol–water partition coefficient (Wildman–Crippen LogP) is 3.53. The van der Waals surface area contributed by atoms with Gasteiger partial charge in [0.05, 0.1) is 0 Å². The number of urea groups is 1. The third-order valence-corrected chi connectivity index (χ3v) is 2.79. The van der Waals surface area contributed by atoms with Crippen molar-refractivity contribution in [2.45, 2.75) is 13.8 Å². The first-order valence-electron chi connectivity index (χ1n) is 6.05. The number of nitrogens with one attached hydrogen (secondary N) is 2. The first-order chi connectivity index (χ1) is 9.04. The topological polar surface area (TPSA) is 67.2 Å². The minimum Gasteiger partial charge on any atom is -0.399 e. The zero-order chi connectivity index (χ0) is 13.8. The summed E-state index contributed by atoms with van der Waals surface area (Å²) < 4.78 is 0. The second-order valence-corrected chi connectivity index (χ2v) is 4.52. The van der Waals surface area contributed by atoms with Gasteiger partial charge in [-0.15, -0.1) is 0 Å². The van der Waals surface area contributed by atoms with Crippen molar-refractivity contribution in [2.24, 2.45) is 0 Å². The molecular weight excluding hydrogens is 238 g/mol. The number of hydrogen-bond donors (Lipinski definition) is 3. The molecule has 4 N–H and O–H groups in total. The first kappa shape index (κ1) is 13.0. The molecule has 0 spiro atoms. The van der Waals surface area contributed by atoms with E-state index in [0.717, 1.165) is 16.8 Å². The number of carbonyl (C=O) groups is 1. The van der Waals surface area contributed by atoms with Crippen LogP contribution in [0.1, 0.15) is 11.1 Å². The van der Waals surface area contributed by atoms with Crippen LogP contribution in [0, 0.1) is 13.8 Å². The highest BCUT2D eigenvalue weighted by atomic mass is 16.2. The lowest BCUT2D eigenvalue weighted by atomic mass is 10.1. The second-order valence-electron chi connectivity index (χ2n) is 4.52. The van der Waals surface area contributed by atoms with E-state index in [2.05, 4.69) is 10.6 Å². The summed E-state index contributed by atoms with van der Waals surface area (Å²) in [6.07, 6.45) is 0. The van der Waals surface area contributed by atoms with Crippen molar-refractivity contribution in [3.8, 4) is 0 Å². The molecule has 4 nitrogen and oxygen atoms in total. The summed E-state index contributed by atoms with van der Waals surface area (Å²) in [5.41, 5.74) is 9.87. The van der Waals surface area contributed by atoms with Crippen molar-refractivity contribution in [1.82, 2.24) is 0 Å². The normalized spacial score (nSPS) is 10.0. The van der Waals surface area contributed by atoms with E-state index in [4.69, 9.17) is 5.73 Å². The second kappa shape index (κ2) is 5.44. The maximum Gasteiger partial charge on any atom is 0.323 e. The fourth-order valence-corrected chi connectivity index (χ4v) is 1.77. The predicted molar refractivity (Wildman–Crippen MR) is 79.4 cm³/mol. The van der Waals surface area contributed by atoms with E-state index >= 15 is 0 Å². The number of rotatable bonds is 2. The van der Waals surface area contributed by atoms with E-state index in [0.29, 0.717) is 11.4 Å². The van der Waals surface area contributed by atoms with Gasteiger partial charge in [0.25, 0.3) is 0 Å². The molecule has 2 aromatic rings. The molecule has 0 unspecified atom stereocenters. The molecule has 0 atom stereocenters. The molecule has 19 heavy (non-hydrogen) atoms. The zero-order valence-corrected chi connectivity index (χ0v) is 11.0. The van der Waals surface area contributed by atoms with E-state index < -0.39 is 0 Å². The van der Waals surface area contributed by atoms with Crippen molar-refractivity contribution in [1.29, 1.82) is 0 Å². The third-order valence-electron chi connectivity index (χ3n) is 2.79. The SMILES string of the molecule is Cc1ccc(C)c(NC(=O)Nc2cccc(N)c2)c1. The average Bonchev–Trinajstić information content (AvgIpc) is 2.34. The molecule has 0 aromatic heterocycles. The van der Waals surface area contributed by atoms with Crippen LogP contribution in [0.4, 0.5) is 21.9 Å². The molecule has 0 aliphatic heterocycles. The maximum atomic E-state index is 11.9. The van der Waals surface area contributed by atoms with Crippen LogP contribution in [-0.2, 0) is 0 Å². The molecule has 0 saturated heterocycles. The maximum absolute atomic E-state index is 11.9. The quantitative estimate of drug-likeness (QED) is 0.719. The Morgan fingerprint density at radius 1 is 1.05 bits per heavy atom. The third kappa shape index (κ3) is 3.48. The monoisotopic (exact) mass is 255 g/mol. The number of amides is 2. The molecule has 2 aromatic carbocycles. The van der Waals surface area contributed by atoms with Gasteiger partial charge in [-0.25, -0.2) is 4.79 Å². The van der Waals surface area contributed by atoms with Crippen LogP contribution in [-0.4, -0.2) is 6.03 Å². The summed E-state index contributed by atoms with van der Waals surface area (Å²) in [6.45, 7) is 3.94. The Bertz CT molecular complexity index is 608. The zero-order valence-electron chi connectivity index (χ0n) is 11.0. The molecule has 0 bridgehead atoms. The van der Waals surface area contributed by atoms with Gasteiger partial charge in [0.15, 0.2) is 0 Å². The minimum atomic E-state index is -0.278. The minimum absolute atomic E-state index is 0.278. The lowest BCUT2D eigenvalue weighted by Crippen LogP contribution is -2.20. The van der Waals surface area contributed by atoms with E-state index in [1.807, 2.05) is 32.0 Å². The smallest absolute Gasteiger partial charge is 0.323 e. The molecule has 0 fully saturated rings. The van der Waals surface area contributed by atoms with Gasteiger partial charge in [-0.05, 0) is 49.2 Å². The largest absolute Gasteiger partial charge is 0.399 e. The van der Waals surface area contributed by atoms with Gasteiger partial charge in [0.2, 0.25) is 0 Å². The Morgan fingerprint density at radius 2 is 1.84 bits per heavy atom. The number of nitrogen functional groups attached to an aromatic ring is 1. The molecule has 0 saturated carbocycles. The Hall–Kier alpha value is -2.49. The van der Waals surface area contributed by atoms with Crippen LogP contribution in [0.2, 0.25) is 0 Å². The van der Waals surface area contributed by atoms with Gasteiger partial charge in [-0.1, -0.05) is 18.2 Å². The van der Waals surface area contributed by atoms with Crippen LogP contribution in [0.15, 0.2) is 42.5 Å². The van der Waals surface area contributed by atoms with Crippen molar-refractivity contribution in [3.05, 3.63) is 53.6 Å². The standard InChI is InChI=1S/C15H17N3O/c1-10-6-7-11(2)14(8-10)18-15(19)17-13-5-3-4-12(16)9-13/h3-9H,16H2,1-2H3,(H2,17,18,19). The molecule has 98 valence electrons. The molecule has 2 rings (SSSR count). The molecule has 0 heterocycles. The first-order valence-corrected chi connectivity index (χ1v) is 6.05. The van der Waals surface area contributed by atoms with Crippen LogP contribution in [0.25, 0.3) is 0 Å². The number of nitrogens with two attached hydrogens (primary N) is 1. The highest BCUT2D eigenvalue weighted by molar-refractivity contribution is 6.00. The summed E-state index contributed by atoms with van der Waals surface area (Å²) in [6, 6.07) is 12.7. The summed E-state index contributed by atoms with van der Waals surface area (Å²) in [5.74, 6) is 0. The Balaban J connectivity index is 2.07. The Kier molecular flexibility index (Phi) is 3.71. The average molecular weight is 255 g/mol. The van der Waals surface area contributed by atoms with E-state index in [1.54, 1.807) is 24.3 Å². The lowest BCUT2D eigenvalue weighted by molar-refractivity contribution is 0.262. The molecule has 2 amide bonds. The van der Waals surface area contributed by atoms with Crippen molar-refractivity contribution >= 4 is 23.1 Å². The number of carbonyl (C=O) groups excluding carboxylic acids is 1. The summed E-state index contributed by atoms with van der Waals surface area (Å²) in [7, 11) is 0. The highest BCUT2D eigenvalue weighted by Gasteiger charge is 2.05. The summed E-state index contributed by atoms with van der Waals surface area (Å²) in [5, 5.41) is 5.58. The molecule has 0 radical (unpaired) electrons. The van der Waals surface area contributed by atoms with Gasteiger partial charge >= 0.3 is 6.03 Å². The molecule has 0 aliphatic rings. The van der Waals surface area contributed by atoms with Crippen molar-refractivity contribution < 1.29 is 4.79 Å². The van der Waals surface area contributed by atoms with E-state index in [9.17, 15) is 4.79 Å². The number of anilines is 3. The van der Waals surface area contributed by atoms with Crippen molar-refractivity contribution in [2.75, 3.05) is 16.4 Å². The Labute approximate surface area is 112 Å². The van der Waals surface area contributed by atoms with Crippen molar-refractivity contribution in [3.63, 3.8) is 0 Å². The Morgan fingerprint density at radius 3 is 2.58 bits per heavy atom. The fraction of sp³-hybridized carbons (Fsp3) is 0.133. The summed E-state index contributed by atoms with van der Waals surface area (Å²) >= 11 is 0. The number of aryl methyl sites for hydroxylation is 2. The molecule has 0 aliphatic carbocycles. The van der Waals surface area contributed by atoms with Crippen LogP contribution in [0.3, 0.4) is 0 Å². The van der Waals surface area contributed by atoms with E-state index in [1.165, 1.54) is 0 Å². The summed E-state index contributed by atoms with van der Waals surface area (Å²) in [4.78, 5) is 11.9. The van der Waals surface area contributed by atoms with Gasteiger partial charge in [-0.2, -0.15) is 0 Å². The van der Waals surface area contributed by atoms with Crippen LogP contribution >= 0.6 is 0 Å². The van der Waals surface area contributed by atoms with E-state index in [-0.39, 0.29) is 6.03 Å².